The molecular weight excluding hydrogens is 260 g/mol. The van der Waals surface area contributed by atoms with E-state index < -0.39 is 0 Å². The molecule has 4 nitrogen and oxygen atoms in total. The molecule has 1 N–H and O–H groups in total. The number of carbonyl (C=O) groups excluding carboxylic acids is 2. The summed E-state index contributed by atoms with van der Waals surface area (Å²) in [5.74, 6) is 0.257. The third kappa shape index (κ3) is 3.56. The highest BCUT2D eigenvalue weighted by Crippen LogP contribution is 2.21. The lowest BCUT2D eigenvalue weighted by atomic mass is 9.95. The number of rotatable bonds is 3. The summed E-state index contributed by atoms with van der Waals surface area (Å²) in [4.78, 5) is 26.4. The first-order valence-electron chi connectivity index (χ1n) is 6.67. The highest BCUT2D eigenvalue weighted by molar-refractivity contribution is 7.10. The number of piperidine rings is 1. The largest absolute Gasteiger partial charge is 0.349 e. The second kappa shape index (κ2) is 6.19. The van der Waals surface area contributed by atoms with E-state index in [1.807, 2.05) is 29.3 Å². The number of hydrogen-bond donors (Lipinski definition) is 1. The second-order valence-electron chi connectivity index (χ2n) is 5.03. The van der Waals surface area contributed by atoms with E-state index in [1.165, 1.54) is 4.88 Å². The molecule has 2 heterocycles. The van der Waals surface area contributed by atoms with Gasteiger partial charge in [0, 0.05) is 30.8 Å². The Balaban J connectivity index is 1.83. The van der Waals surface area contributed by atoms with Crippen molar-refractivity contribution in [1.82, 2.24) is 10.2 Å². The third-order valence-electron chi connectivity index (χ3n) is 3.64. The Hall–Kier alpha value is -1.36. The minimum atomic E-state index is 0.0398. The topological polar surface area (TPSA) is 49.4 Å². The summed E-state index contributed by atoms with van der Waals surface area (Å²) in [6, 6.07) is 4.10. The van der Waals surface area contributed by atoms with Crippen molar-refractivity contribution in [2.24, 2.45) is 5.92 Å². The number of likely N-dealkylation sites (tertiary alicyclic amines) is 1. The monoisotopic (exact) mass is 280 g/mol. The minimum Gasteiger partial charge on any atom is -0.349 e. The average Bonchev–Trinajstić information content (AvgIpc) is 2.92. The zero-order chi connectivity index (χ0) is 13.8. The van der Waals surface area contributed by atoms with Crippen molar-refractivity contribution < 1.29 is 9.59 Å². The Morgan fingerprint density at radius 2 is 2.11 bits per heavy atom. The van der Waals surface area contributed by atoms with Crippen LogP contribution in [0.15, 0.2) is 17.5 Å². The van der Waals surface area contributed by atoms with E-state index in [-0.39, 0.29) is 23.8 Å². The van der Waals surface area contributed by atoms with Crippen molar-refractivity contribution in [1.29, 1.82) is 0 Å². The highest BCUT2D eigenvalue weighted by atomic mass is 32.1. The van der Waals surface area contributed by atoms with E-state index in [0.717, 1.165) is 12.8 Å². The van der Waals surface area contributed by atoms with E-state index in [0.29, 0.717) is 13.1 Å². The zero-order valence-corrected chi connectivity index (χ0v) is 12.2. The molecular formula is C14H20N2O2S. The van der Waals surface area contributed by atoms with Crippen LogP contribution >= 0.6 is 11.3 Å². The van der Waals surface area contributed by atoms with Crippen LogP contribution in [0.1, 0.15) is 37.6 Å². The molecule has 1 aromatic rings. The Kier molecular flexibility index (Phi) is 4.58. The van der Waals surface area contributed by atoms with E-state index >= 15 is 0 Å². The number of hydrogen-bond acceptors (Lipinski definition) is 3. The van der Waals surface area contributed by atoms with Gasteiger partial charge in [0.05, 0.1) is 6.04 Å². The Morgan fingerprint density at radius 3 is 2.63 bits per heavy atom. The number of nitrogens with zero attached hydrogens (tertiary/aromatic N) is 1. The first-order chi connectivity index (χ1) is 9.08. The number of amides is 2. The number of carbonyl (C=O) groups is 2. The standard InChI is InChI=1S/C14H20N2O2S/c1-10(13-4-3-9-19-13)15-14(18)12-5-7-16(8-6-12)11(2)17/h3-4,9-10,12H,5-8H2,1-2H3,(H,15,18)/t10-/m1/s1. The third-order valence-corrected chi connectivity index (χ3v) is 4.69. The maximum Gasteiger partial charge on any atom is 0.223 e. The molecule has 0 spiro atoms. The SMILES string of the molecule is CC(=O)N1CCC(C(=O)N[C@H](C)c2cccs2)CC1. The molecule has 2 amide bonds. The molecule has 1 aliphatic rings. The molecule has 1 aromatic heterocycles. The quantitative estimate of drug-likeness (QED) is 0.922. The van der Waals surface area contributed by atoms with Crippen LogP contribution in [0.4, 0.5) is 0 Å². The summed E-state index contributed by atoms with van der Waals surface area (Å²) in [6.07, 6.45) is 1.53. The maximum absolute atomic E-state index is 12.2. The summed E-state index contributed by atoms with van der Waals surface area (Å²) in [7, 11) is 0. The predicted molar refractivity (Wildman–Crippen MR) is 75.9 cm³/mol. The Labute approximate surface area is 117 Å². The van der Waals surface area contributed by atoms with E-state index in [1.54, 1.807) is 18.3 Å². The first kappa shape index (κ1) is 14.1. The lowest BCUT2D eigenvalue weighted by molar-refractivity contribution is -0.134. The molecule has 0 saturated carbocycles. The zero-order valence-electron chi connectivity index (χ0n) is 11.4. The van der Waals surface area contributed by atoms with Crippen LogP contribution in [0, 0.1) is 5.92 Å². The summed E-state index contributed by atoms with van der Waals surface area (Å²) >= 11 is 1.66. The van der Waals surface area contributed by atoms with Crippen LogP contribution in [0.5, 0.6) is 0 Å². The van der Waals surface area contributed by atoms with Gasteiger partial charge in [-0.15, -0.1) is 11.3 Å². The van der Waals surface area contributed by atoms with E-state index in [4.69, 9.17) is 0 Å². The molecule has 104 valence electrons. The summed E-state index contributed by atoms with van der Waals surface area (Å²) in [5, 5.41) is 5.08. The molecule has 1 saturated heterocycles. The molecule has 1 aliphatic heterocycles. The summed E-state index contributed by atoms with van der Waals surface area (Å²) in [6.45, 7) is 4.98. The highest BCUT2D eigenvalue weighted by Gasteiger charge is 2.26. The van der Waals surface area contributed by atoms with Crippen molar-refractivity contribution in [3.05, 3.63) is 22.4 Å². The van der Waals surface area contributed by atoms with Gasteiger partial charge < -0.3 is 10.2 Å². The van der Waals surface area contributed by atoms with Crippen LogP contribution in [0.2, 0.25) is 0 Å². The van der Waals surface area contributed by atoms with Gasteiger partial charge in [-0.1, -0.05) is 6.07 Å². The summed E-state index contributed by atoms with van der Waals surface area (Å²) < 4.78 is 0. The van der Waals surface area contributed by atoms with Crippen molar-refractivity contribution in [3.8, 4) is 0 Å². The van der Waals surface area contributed by atoms with E-state index in [9.17, 15) is 9.59 Å². The van der Waals surface area contributed by atoms with Crippen LogP contribution in [0.3, 0.4) is 0 Å². The molecule has 19 heavy (non-hydrogen) atoms. The van der Waals surface area contributed by atoms with Crippen molar-refractivity contribution >= 4 is 23.2 Å². The van der Waals surface area contributed by atoms with Gasteiger partial charge in [0.1, 0.15) is 0 Å². The van der Waals surface area contributed by atoms with Crippen LogP contribution in [-0.4, -0.2) is 29.8 Å². The molecule has 0 aromatic carbocycles. The van der Waals surface area contributed by atoms with Gasteiger partial charge >= 0.3 is 0 Å². The van der Waals surface area contributed by atoms with Crippen LogP contribution < -0.4 is 5.32 Å². The van der Waals surface area contributed by atoms with Gasteiger partial charge in [0.2, 0.25) is 11.8 Å². The number of nitrogens with one attached hydrogen (secondary N) is 1. The smallest absolute Gasteiger partial charge is 0.223 e. The molecule has 0 aliphatic carbocycles. The van der Waals surface area contributed by atoms with Gasteiger partial charge in [-0.05, 0) is 31.2 Å². The molecule has 2 rings (SSSR count). The first-order valence-corrected chi connectivity index (χ1v) is 7.55. The van der Waals surface area contributed by atoms with E-state index in [2.05, 4.69) is 5.32 Å². The minimum absolute atomic E-state index is 0.0398. The second-order valence-corrected chi connectivity index (χ2v) is 6.01. The Bertz CT molecular complexity index is 436. The summed E-state index contributed by atoms with van der Waals surface area (Å²) in [5.41, 5.74) is 0. The maximum atomic E-state index is 12.2. The van der Waals surface area contributed by atoms with Gasteiger partial charge in [-0.25, -0.2) is 0 Å². The van der Waals surface area contributed by atoms with Gasteiger partial charge in [-0.3, -0.25) is 9.59 Å². The fourth-order valence-corrected chi connectivity index (χ4v) is 3.13. The number of thiophene rings is 1. The molecule has 1 fully saturated rings. The average molecular weight is 280 g/mol. The van der Waals surface area contributed by atoms with Crippen LogP contribution in [0.25, 0.3) is 0 Å². The van der Waals surface area contributed by atoms with Gasteiger partial charge in [0.25, 0.3) is 0 Å². The van der Waals surface area contributed by atoms with Crippen molar-refractivity contribution in [2.75, 3.05) is 13.1 Å². The van der Waals surface area contributed by atoms with Crippen molar-refractivity contribution in [2.45, 2.75) is 32.7 Å². The van der Waals surface area contributed by atoms with Gasteiger partial charge in [-0.2, -0.15) is 0 Å². The lowest BCUT2D eigenvalue weighted by Gasteiger charge is -2.31. The fourth-order valence-electron chi connectivity index (χ4n) is 2.40. The molecule has 0 bridgehead atoms. The van der Waals surface area contributed by atoms with Crippen molar-refractivity contribution in [3.63, 3.8) is 0 Å². The van der Waals surface area contributed by atoms with Gasteiger partial charge in [0.15, 0.2) is 0 Å². The fraction of sp³-hybridized carbons (Fsp3) is 0.571. The van der Waals surface area contributed by atoms with Crippen LogP contribution in [-0.2, 0) is 9.59 Å². The lowest BCUT2D eigenvalue weighted by Crippen LogP contribution is -2.42. The molecule has 5 heteroatoms. The molecule has 0 unspecified atom stereocenters. The predicted octanol–water partition coefficient (Wildman–Crippen LogP) is 2.18. The molecule has 0 radical (unpaired) electrons. The molecule has 1 atom stereocenters. The Morgan fingerprint density at radius 1 is 1.42 bits per heavy atom. The normalized spacial score (nSPS) is 18.1.